The van der Waals surface area contributed by atoms with Crippen LogP contribution in [0.1, 0.15) is 41.5 Å². The molecular weight excluding hydrogens is 294 g/mol. The Hall–Kier alpha value is -1.14. The van der Waals surface area contributed by atoms with Crippen molar-refractivity contribution in [1.82, 2.24) is 14.7 Å². The zero-order valence-corrected chi connectivity index (χ0v) is 13.6. The lowest BCUT2D eigenvalue weighted by Gasteiger charge is -2.32. The molecule has 138 valence electrons. The van der Waals surface area contributed by atoms with Crippen LogP contribution in [0.4, 0.5) is 0 Å². The monoisotopic (exact) mass is 331 g/mol. The second-order valence-electron chi connectivity index (χ2n) is 5.38. The molecule has 2 saturated heterocycles. The molecule has 0 N–H and O–H groups in total. The predicted octanol–water partition coefficient (Wildman–Crippen LogP) is 1.70. The highest BCUT2D eigenvalue weighted by atomic mass is 16.5. The van der Waals surface area contributed by atoms with Gasteiger partial charge in [-0.1, -0.05) is 28.7 Å². The van der Waals surface area contributed by atoms with Crippen molar-refractivity contribution >= 4 is 11.8 Å². The van der Waals surface area contributed by atoms with Gasteiger partial charge in [0.25, 0.3) is 0 Å². The molecule has 0 bridgehead atoms. The summed E-state index contributed by atoms with van der Waals surface area (Å²) < 4.78 is 5.10. The highest BCUT2D eigenvalue weighted by molar-refractivity contribution is 5.76. The first-order valence-electron chi connectivity index (χ1n) is 7.90. The fraction of sp³-hybridized carbons (Fsp3) is 0.882. The minimum Gasteiger partial charge on any atom is -0.378 e. The number of nitrogens with zero attached hydrogens (tertiary/aromatic N) is 3. The predicted molar refractivity (Wildman–Crippen MR) is 95.5 cm³/mol. The summed E-state index contributed by atoms with van der Waals surface area (Å²) in [4.78, 5) is 28.3. The van der Waals surface area contributed by atoms with Gasteiger partial charge in [-0.25, -0.2) is 0 Å². The molecule has 0 spiro atoms. The molecule has 0 aromatic carbocycles. The van der Waals surface area contributed by atoms with E-state index >= 15 is 0 Å². The number of likely N-dealkylation sites (N-methyl/N-ethyl adjacent to an activating group) is 1. The highest BCUT2D eigenvalue weighted by Gasteiger charge is 2.16. The fourth-order valence-corrected chi connectivity index (χ4v) is 2.32. The second-order valence-corrected chi connectivity index (χ2v) is 5.38. The summed E-state index contributed by atoms with van der Waals surface area (Å²) in [5, 5.41) is 0. The SMILES string of the molecule is C.C.CCC(=O)N1CCN(C)CC1.CCC(=O)N1CCOCC1. The van der Waals surface area contributed by atoms with Gasteiger partial charge < -0.3 is 19.4 Å². The molecule has 0 aromatic rings. The van der Waals surface area contributed by atoms with Crippen LogP contribution in [0, 0.1) is 0 Å². The molecule has 0 saturated carbocycles. The Morgan fingerprint density at radius 1 is 0.783 bits per heavy atom. The van der Waals surface area contributed by atoms with E-state index < -0.39 is 0 Å². The number of rotatable bonds is 2. The number of piperazine rings is 1. The Morgan fingerprint density at radius 2 is 1.17 bits per heavy atom. The average Bonchev–Trinajstić information content (AvgIpc) is 2.55. The molecule has 0 unspecified atom stereocenters. The Labute approximate surface area is 142 Å². The van der Waals surface area contributed by atoms with Crippen molar-refractivity contribution in [3.05, 3.63) is 0 Å². The molecule has 6 heteroatoms. The van der Waals surface area contributed by atoms with Gasteiger partial charge in [-0.15, -0.1) is 0 Å². The molecule has 2 rings (SSSR count). The summed E-state index contributed by atoms with van der Waals surface area (Å²) in [5.74, 6) is 0.529. The van der Waals surface area contributed by atoms with Gasteiger partial charge in [0.15, 0.2) is 0 Å². The van der Waals surface area contributed by atoms with Gasteiger partial charge in [0.05, 0.1) is 13.2 Å². The maximum atomic E-state index is 11.2. The normalized spacial score (nSPS) is 18.0. The van der Waals surface area contributed by atoms with Crippen LogP contribution in [-0.2, 0) is 14.3 Å². The summed E-state index contributed by atoms with van der Waals surface area (Å²) in [6.45, 7) is 10.6. The fourth-order valence-electron chi connectivity index (χ4n) is 2.32. The van der Waals surface area contributed by atoms with Crippen LogP contribution in [0.15, 0.2) is 0 Å². The number of ether oxygens (including phenoxy) is 1. The van der Waals surface area contributed by atoms with Crippen molar-refractivity contribution in [2.45, 2.75) is 41.5 Å². The quantitative estimate of drug-likeness (QED) is 0.773. The minimum absolute atomic E-state index is 0. The maximum absolute atomic E-state index is 11.2. The van der Waals surface area contributed by atoms with E-state index in [2.05, 4.69) is 11.9 Å². The molecule has 6 nitrogen and oxygen atoms in total. The summed E-state index contributed by atoms with van der Waals surface area (Å²) in [7, 11) is 2.09. The first-order chi connectivity index (χ1) is 10.1. The Kier molecular flexibility index (Phi) is 14.0. The lowest BCUT2D eigenvalue weighted by Crippen LogP contribution is -2.46. The second kappa shape index (κ2) is 13.3. The van der Waals surface area contributed by atoms with Gasteiger partial charge in [0.2, 0.25) is 11.8 Å². The van der Waals surface area contributed by atoms with E-state index in [1.807, 2.05) is 23.6 Å². The number of morpholine rings is 1. The topological polar surface area (TPSA) is 53.1 Å². The van der Waals surface area contributed by atoms with Crippen LogP contribution < -0.4 is 0 Å². The smallest absolute Gasteiger partial charge is 0.222 e. The number of amides is 2. The van der Waals surface area contributed by atoms with E-state index in [4.69, 9.17) is 4.74 Å². The van der Waals surface area contributed by atoms with Crippen molar-refractivity contribution in [1.29, 1.82) is 0 Å². The number of carbonyl (C=O) groups excluding carboxylic acids is 2. The molecule has 2 aliphatic heterocycles. The van der Waals surface area contributed by atoms with Crippen LogP contribution in [0.2, 0.25) is 0 Å². The van der Waals surface area contributed by atoms with Gasteiger partial charge in [-0.05, 0) is 7.05 Å². The largest absolute Gasteiger partial charge is 0.378 e. The van der Waals surface area contributed by atoms with Gasteiger partial charge >= 0.3 is 0 Å². The third-order valence-corrected chi connectivity index (χ3v) is 3.82. The van der Waals surface area contributed by atoms with Gasteiger partial charge in [0.1, 0.15) is 0 Å². The standard InChI is InChI=1S/C8H16N2O.C7H13NO2.2CH4/c1-3-8(11)10-6-4-9(2)5-7-10;1-2-7(9)8-3-5-10-6-4-8;;/h3-7H2,1-2H3;2-6H2,1H3;2*1H4. The van der Waals surface area contributed by atoms with E-state index in [1.54, 1.807) is 0 Å². The summed E-state index contributed by atoms with van der Waals surface area (Å²) >= 11 is 0. The molecule has 23 heavy (non-hydrogen) atoms. The Morgan fingerprint density at radius 3 is 1.57 bits per heavy atom. The Bertz CT molecular complexity index is 323. The van der Waals surface area contributed by atoms with Crippen molar-refractivity contribution in [3.8, 4) is 0 Å². The van der Waals surface area contributed by atoms with E-state index in [0.717, 1.165) is 39.3 Å². The molecule has 0 radical (unpaired) electrons. The molecular formula is C17H37N3O3. The summed E-state index contributed by atoms with van der Waals surface area (Å²) in [5.41, 5.74) is 0. The van der Waals surface area contributed by atoms with Crippen LogP contribution in [-0.4, -0.2) is 86.0 Å². The molecule has 2 heterocycles. The van der Waals surface area contributed by atoms with Gasteiger partial charge in [-0.3, -0.25) is 9.59 Å². The highest BCUT2D eigenvalue weighted by Crippen LogP contribution is 2.00. The maximum Gasteiger partial charge on any atom is 0.222 e. The first-order valence-corrected chi connectivity index (χ1v) is 7.90. The van der Waals surface area contributed by atoms with Crippen molar-refractivity contribution in [2.24, 2.45) is 0 Å². The summed E-state index contributed by atoms with van der Waals surface area (Å²) in [6, 6.07) is 0. The van der Waals surface area contributed by atoms with Crippen LogP contribution in [0.5, 0.6) is 0 Å². The molecule has 0 aliphatic carbocycles. The van der Waals surface area contributed by atoms with Crippen LogP contribution in [0.25, 0.3) is 0 Å². The lowest BCUT2D eigenvalue weighted by molar-refractivity contribution is -0.135. The Balaban J connectivity index is 0. The molecule has 0 aromatic heterocycles. The molecule has 0 atom stereocenters. The van der Waals surface area contributed by atoms with E-state index in [1.165, 1.54) is 0 Å². The first kappa shape index (κ1) is 24.1. The molecule has 2 amide bonds. The van der Waals surface area contributed by atoms with Crippen LogP contribution in [0.3, 0.4) is 0 Å². The third-order valence-electron chi connectivity index (χ3n) is 3.82. The minimum atomic E-state index is 0. The molecule has 2 fully saturated rings. The van der Waals surface area contributed by atoms with Crippen molar-refractivity contribution < 1.29 is 14.3 Å². The average molecular weight is 332 g/mol. The van der Waals surface area contributed by atoms with Crippen LogP contribution >= 0.6 is 0 Å². The van der Waals surface area contributed by atoms with Gasteiger partial charge in [0, 0.05) is 52.1 Å². The van der Waals surface area contributed by atoms with Crippen molar-refractivity contribution in [2.75, 3.05) is 59.5 Å². The lowest BCUT2D eigenvalue weighted by atomic mass is 10.3. The number of hydrogen-bond donors (Lipinski definition) is 0. The van der Waals surface area contributed by atoms with E-state index in [-0.39, 0.29) is 26.7 Å². The third kappa shape index (κ3) is 8.91. The van der Waals surface area contributed by atoms with E-state index in [9.17, 15) is 9.59 Å². The summed E-state index contributed by atoms with van der Waals surface area (Å²) in [6.07, 6.45) is 1.25. The number of hydrogen-bond acceptors (Lipinski definition) is 4. The van der Waals surface area contributed by atoms with Crippen molar-refractivity contribution in [3.63, 3.8) is 0 Å². The molecule has 2 aliphatic rings. The zero-order chi connectivity index (χ0) is 15.7. The van der Waals surface area contributed by atoms with E-state index in [0.29, 0.717) is 26.1 Å². The zero-order valence-electron chi connectivity index (χ0n) is 13.6. The number of carbonyl (C=O) groups is 2. The van der Waals surface area contributed by atoms with Gasteiger partial charge in [-0.2, -0.15) is 0 Å².